The van der Waals surface area contributed by atoms with Gasteiger partial charge in [0.15, 0.2) is 11.4 Å². The number of hydrogen-bond acceptors (Lipinski definition) is 5. The number of imidazole rings is 1. The van der Waals surface area contributed by atoms with Crippen molar-refractivity contribution >= 4 is 33.7 Å². The Bertz CT molecular complexity index is 1920. The third-order valence-electron chi connectivity index (χ3n) is 8.31. The Labute approximate surface area is 242 Å². The molecule has 2 fully saturated rings. The van der Waals surface area contributed by atoms with Crippen LogP contribution < -0.4 is 15.4 Å². The first-order valence-electron chi connectivity index (χ1n) is 13.7. The van der Waals surface area contributed by atoms with Crippen LogP contribution in [0.3, 0.4) is 0 Å². The fourth-order valence-corrected chi connectivity index (χ4v) is 5.83. The van der Waals surface area contributed by atoms with E-state index in [2.05, 4.69) is 15.6 Å². The van der Waals surface area contributed by atoms with Gasteiger partial charge < -0.3 is 24.3 Å². The van der Waals surface area contributed by atoms with Crippen LogP contribution in [0.5, 0.6) is 11.6 Å². The van der Waals surface area contributed by atoms with Crippen LogP contribution in [0.25, 0.3) is 32.9 Å². The number of amides is 3. The van der Waals surface area contributed by atoms with Crippen LogP contribution in [-0.4, -0.2) is 38.3 Å². The van der Waals surface area contributed by atoms with Gasteiger partial charge in [0.25, 0.3) is 5.91 Å². The number of urea groups is 1. The third kappa shape index (κ3) is 4.53. The number of benzene rings is 3. The zero-order valence-electron chi connectivity index (χ0n) is 22.9. The molecule has 5 aromatic rings. The summed E-state index contributed by atoms with van der Waals surface area (Å²) in [7, 11) is 1.51. The lowest BCUT2D eigenvalue weighted by atomic mass is 9.88. The molecule has 220 valence electrons. The zero-order valence-corrected chi connectivity index (χ0v) is 22.9. The maximum Gasteiger partial charge on any atom is 0.416 e. The molecule has 0 spiro atoms. The van der Waals surface area contributed by atoms with Crippen LogP contribution in [0.1, 0.15) is 24.0 Å². The highest BCUT2D eigenvalue weighted by Crippen LogP contribution is 2.40. The molecule has 3 aromatic carbocycles. The number of aromatic nitrogens is 3. The average Bonchev–Trinajstić information content (AvgIpc) is 3.53. The van der Waals surface area contributed by atoms with Crippen molar-refractivity contribution in [3.05, 3.63) is 78.2 Å². The van der Waals surface area contributed by atoms with Gasteiger partial charge in [0.2, 0.25) is 0 Å². The molecule has 2 aromatic heterocycles. The molecule has 1 aliphatic carbocycles. The molecule has 1 saturated heterocycles. The second-order valence-electron chi connectivity index (χ2n) is 11.2. The fraction of sp³-hybridized carbons (Fsp3) is 0.258. The van der Waals surface area contributed by atoms with Crippen LogP contribution in [-0.2, 0) is 29.6 Å². The number of nitrogens with zero attached hydrogens (tertiary/aromatic N) is 3. The van der Waals surface area contributed by atoms with E-state index in [4.69, 9.17) is 4.74 Å². The van der Waals surface area contributed by atoms with E-state index >= 15 is 0 Å². The number of ether oxygens (including phenoxy) is 1. The van der Waals surface area contributed by atoms with Crippen LogP contribution in [0.2, 0.25) is 0 Å². The Morgan fingerprint density at radius 2 is 1.84 bits per heavy atom. The number of nitrogens with one attached hydrogen (secondary N) is 2. The van der Waals surface area contributed by atoms with Crippen LogP contribution in [0.15, 0.2) is 67.1 Å². The molecule has 0 bridgehead atoms. The summed E-state index contributed by atoms with van der Waals surface area (Å²) >= 11 is 0. The van der Waals surface area contributed by atoms with E-state index in [1.54, 1.807) is 59.6 Å². The standard InChI is InChI=1S/C31H26F3N5O4/c1-43-22-9-6-19-14-38(27(40)24(19)12-22)15-30(28(41)36-29(42)37-30)20-7-4-18(5-8-20)23-10-21(31(32,33)34)11-25-26(23)35-16-39(25)13-17-2-3-17/h4-12,14,16-17,40H,2-3,13,15H2,1H3,(H2,36,37,41,42)/t30-/m0/s1. The van der Waals surface area contributed by atoms with Gasteiger partial charge in [-0.2, -0.15) is 13.2 Å². The van der Waals surface area contributed by atoms with E-state index in [1.807, 2.05) is 0 Å². The lowest BCUT2D eigenvalue weighted by Gasteiger charge is -2.27. The highest BCUT2D eigenvalue weighted by Gasteiger charge is 2.48. The Hall–Kier alpha value is -5.00. The molecule has 3 N–H and O–H groups in total. The van der Waals surface area contributed by atoms with Gasteiger partial charge in [-0.25, -0.2) is 9.78 Å². The van der Waals surface area contributed by atoms with Crippen molar-refractivity contribution in [2.24, 2.45) is 5.92 Å². The predicted octanol–water partition coefficient (Wildman–Crippen LogP) is 5.54. The second kappa shape index (κ2) is 9.51. The Morgan fingerprint density at radius 3 is 2.49 bits per heavy atom. The monoisotopic (exact) mass is 589 g/mol. The van der Waals surface area contributed by atoms with Crippen molar-refractivity contribution in [2.75, 3.05) is 7.11 Å². The minimum absolute atomic E-state index is 0.119. The van der Waals surface area contributed by atoms with Gasteiger partial charge in [-0.05, 0) is 60.2 Å². The van der Waals surface area contributed by atoms with E-state index in [-0.39, 0.29) is 12.4 Å². The van der Waals surface area contributed by atoms with E-state index in [0.29, 0.717) is 56.7 Å². The first-order chi connectivity index (χ1) is 20.6. The molecule has 0 radical (unpaired) electrons. The molecule has 43 heavy (non-hydrogen) atoms. The fourth-order valence-electron chi connectivity index (χ4n) is 5.83. The van der Waals surface area contributed by atoms with E-state index in [1.165, 1.54) is 11.7 Å². The molecule has 2 aliphatic rings. The second-order valence-corrected chi connectivity index (χ2v) is 11.2. The molecule has 12 heteroatoms. The molecular formula is C31H26F3N5O4. The molecule has 1 atom stereocenters. The highest BCUT2D eigenvalue weighted by atomic mass is 19.4. The maximum atomic E-state index is 13.9. The topological polar surface area (TPSA) is 110 Å². The molecule has 0 unspecified atom stereocenters. The van der Waals surface area contributed by atoms with Crippen LogP contribution in [0, 0.1) is 5.92 Å². The van der Waals surface area contributed by atoms with Gasteiger partial charge >= 0.3 is 12.2 Å². The Kier molecular flexibility index (Phi) is 5.94. The van der Waals surface area contributed by atoms with Gasteiger partial charge in [-0.15, -0.1) is 0 Å². The first-order valence-corrected chi connectivity index (χ1v) is 13.7. The minimum Gasteiger partial charge on any atom is -0.497 e. The third-order valence-corrected chi connectivity index (χ3v) is 8.31. The number of rotatable bonds is 7. The smallest absolute Gasteiger partial charge is 0.416 e. The van der Waals surface area contributed by atoms with Crippen molar-refractivity contribution < 1.29 is 32.6 Å². The number of alkyl halides is 3. The first kappa shape index (κ1) is 26.9. The molecule has 3 amide bonds. The van der Waals surface area contributed by atoms with Crippen molar-refractivity contribution in [1.82, 2.24) is 24.8 Å². The number of halogens is 3. The average molecular weight is 590 g/mol. The quantitative estimate of drug-likeness (QED) is 0.216. The lowest BCUT2D eigenvalue weighted by Crippen LogP contribution is -2.47. The molecule has 7 rings (SSSR count). The molecular weight excluding hydrogens is 563 g/mol. The van der Waals surface area contributed by atoms with Gasteiger partial charge in [0, 0.05) is 29.1 Å². The van der Waals surface area contributed by atoms with Crippen molar-refractivity contribution in [1.29, 1.82) is 0 Å². The van der Waals surface area contributed by atoms with Crippen LogP contribution >= 0.6 is 0 Å². The van der Waals surface area contributed by atoms with Crippen molar-refractivity contribution in [2.45, 2.75) is 37.6 Å². The summed E-state index contributed by atoms with van der Waals surface area (Å²) in [6.07, 6.45) is 0.778. The number of fused-ring (bicyclic) bond motifs is 2. The van der Waals surface area contributed by atoms with Gasteiger partial charge in [0.1, 0.15) is 5.75 Å². The van der Waals surface area contributed by atoms with Gasteiger partial charge in [-0.1, -0.05) is 24.3 Å². The Morgan fingerprint density at radius 1 is 1.07 bits per heavy atom. The summed E-state index contributed by atoms with van der Waals surface area (Å²) in [5, 5.41) is 17.2. The summed E-state index contributed by atoms with van der Waals surface area (Å²) in [5.74, 6) is 0.240. The summed E-state index contributed by atoms with van der Waals surface area (Å²) in [6.45, 7) is 0.466. The maximum absolute atomic E-state index is 13.9. The number of methoxy groups -OCH3 is 1. The molecule has 9 nitrogen and oxygen atoms in total. The number of aromatic hydroxyl groups is 1. The predicted molar refractivity (Wildman–Crippen MR) is 151 cm³/mol. The van der Waals surface area contributed by atoms with Crippen LogP contribution in [0.4, 0.5) is 18.0 Å². The normalized spacial score (nSPS) is 18.8. The van der Waals surface area contributed by atoms with Crippen molar-refractivity contribution in [3.8, 4) is 22.8 Å². The zero-order chi connectivity index (χ0) is 30.1. The largest absolute Gasteiger partial charge is 0.497 e. The molecule has 3 heterocycles. The molecule has 1 saturated carbocycles. The summed E-state index contributed by atoms with van der Waals surface area (Å²) in [5.41, 5.74) is -0.351. The SMILES string of the molecule is COc1ccc2cn(C[C@@]3(c4ccc(-c5cc(C(F)(F)F)cc6c5ncn6CC5CC5)cc4)NC(=O)NC3=O)c(O)c2c1. The summed E-state index contributed by atoms with van der Waals surface area (Å²) in [4.78, 5) is 30.1. The number of hydrogen-bond donors (Lipinski definition) is 3. The van der Waals surface area contributed by atoms with E-state index in [9.17, 15) is 27.9 Å². The minimum atomic E-state index is -4.56. The number of carbonyl (C=O) groups is 2. The number of imide groups is 1. The van der Waals surface area contributed by atoms with E-state index < -0.39 is 29.2 Å². The lowest BCUT2D eigenvalue weighted by molar-refractivity contribution is -0.137. The van der Waals surface area contributed by atoms with Gasteiger partial charge in [-0.3, -0.25) is 10.1 Å². The number of carbonyl (C=O) groups excluding carboxylic acids is 2. The summed E-state index contributed by atoms with van der Waals surface area (Å²) in [6, 6.07) is 13.1. The highest BCUT2D eigenvalue weighted by molar-refractivity contribution is 6.07. The molecule has 1 aliphatic heterocycles. The van der Waals surface area contributed by atoms with Gasteiger partial charge in [0.05, 0.1) is 36.6 Å². The van der Waals surface area contributed by atoms with E-state index in [0.717, 1.165) is 25.0 Å². The summed E-state index contributed by atoms with van der Waals surface area (Å²) < 4.78 is 50.3. The van der Waals surface area contributed by atoms with Crippen molar-refractivity contribution in [3.63, 3.8) is 0 Å². The Balaban J connectivity index is 1.30.